The van der Waals surface area contributed by atoms with Crippen molar-refractivity contribution in [3.63, 3.8) is 0 Å². The van der Waals surface area contributed by atoms with Gasteiger partial charge < -0.3 is 9.73 Å². The molecule has 0 aliphatic carbocycles. The summed E-state index contributed by atoms with van der Waals surface area (Å²) < 4.78 is 5.33. The van der Waals surface area contributed by atoms with Gasteiger partial charge in [-0.05, 0) is 32.2 Å². The number of hydrogen-bond donors (Lipinski definition) is 1. The molecule has 1 atom stereocenters. The van der Waals surface area contributed by atoms with Crippen molar-refractivity contribution >= 4 is 0 Å². The molecular weight excluding hydrogens is 202 g/mol. The van der Waals surface area contributed by atoms with Crippen LogP contribution in [0.5, 0.6) is 0 Å². The molecule has 0 fully saturated rings. The highest BCUT2D eigenvalue weighted by Gasteiger charge is 2.13. The number of rotatable bonds is 4. The molecule has 0 aliphatic rings. The molecule has 0 aliphatic heterocycles. The van der Waals surface area contributed by atoms with Crippen LogP contribution in [0.15, 0.2) is 35.1 Å². The highest BCUT2D eigenvalue weighted by Crippen LogP contribution is 2.16. The van der Waals surface area contributed by atoms with Crippen LogP contribution in [0, 0.1) is 6.92 Å². The predicted octanol–water partition coefficient (Wildman–Crippen LogP) is 1.88. The van der Waals surface area contributed by atoms with Gasteiger partial charge in [0.05, 0.1) is 18.0 Å². The fraction of sp³-hybridized carbons (Fsp3) is 0.333. The summed E-state index contributed by atoms with van der Waals surface area (Å²) in [6, 6.07) is 5.95. The number of hydrogen-bond acceptors (Lipinski definition) is 4. The Hall–Kier alpha value is -1.68. The average molecular weight is 217 g/mol. The normalized spacial score (nSPS) is 12.6. The van der Waals surface area contributed by atoms with Gasteiger partial charge in [0.1, 0.15) is 11.6 Å². The van der Waals surface area contributed by atoms with Crippen molar-refractivity contribution in [2.24, 2.45) is 0 Å². The first-order valence-electron chi connectivity index (χ1n) is 5.29. The van der Waals surface area contributed by atoms with E-state index < -0.39 is 0 Å². The highest BCUT2D eigenvalue weighted by atomic mass is 16.3. The maximum Gasteiger partial charge on any atom is 0.125 e. The molecule has 84 valence electrons. The molecule has 0 aromatic carbocycles. The fourth-order valence-corrected chi connectivity index (χ4v) is 1.65. The van der Waals surface area contributed by atoms with E-state index in [1.54, 1.807) is 12.5 Å². The van der Waals surface area contributed by atoms with Crippen molar-refractivity contribution in [1.82, 2.24) is 15.3 Å². The van der Waals surface area contributed by atoms with Crippen molar-refractivity contribution in [3.05, 3.63) is 47.9 Å². The second kappa shape index (κ2) is 4.90. The Morgan fingerprint density at radius 2 is 2.31 bits per heavy atom. The molecule has 0 saturated carbocycles. The van der Waals surface area contributed by atoms with Crippen LogP contribution in [-0.4, -0.2) is 17.0 Å². The van der Waals surface area contributed by atoms with E-state index >= 15 is 0 Å². The first-order valence-corrected chi connectivity index (χ1v) is 5.29. The summed E-state index contributed by atoms with van der Waals surface area (Å²) in [6.45, 7) is 1.89. The molecule has 1 N–H and O–H groups in total. The lowest BCUT2D eigenvalue weighted by Gasteiger charge is -2.14. The molecular formula is C12H15N3O. The molecule has 4 heteroatoms. The minimum absolute atomic E-state index is 0.160. The predicted molar refractivity (Wildman–Crippen MR) is 61.0 cm³/mol. The van der Waals surface area contributed by atoms with E-state index in [2.05, 4.69) is 15.3 Å². The maximum absolute atomic E-state index is 5.33. The van der Waals surface area contributed by atoms with E-state index in [0.29, 0.717) is 0 Å². The van der Waals surface area contributed by atoms with E-state index in [1.807, 2.05) is 32.2 Å². The van der Waals surface area contributed by atoms with Crippen molar-refractivity contribution in [3.8, 4) is 0 Å². The third-order valence-electron chi connectivity index (χ3n) is 2.49. The second-order valence-corrected chi connectivity index (χ2v) is 3.65. The Morgan fingerprint density at radius 3 is 2.94 bits per heavy atom. The third kappa shape index (κ3) is 2.46. The Balaban J connectivity index is 2.16. The second-order valence-electron chi connectivity index (χ2n) is 3.65. The van der Waals surface area contributed by atoms with Crippen LogP contribution in [-0.2, 0) is 6.42 Å². The van der Waals surface area contributed by atoms with Gasteiger partial charge in [0, 0.05) is 12.6 Å². The number of nitrogens with one attached hydrogen (secondary N) is 1. The zero-order valence-corrected chi connectivity index (χ0v) is 9.47. The minimum Gasteiger partial charge on any atom is -0.469 e. The number of aromatic nitrogens is 2. The molecule has 2 aromatic rings. The van der Waals surface area contributed by atoms with E-state index in [-0.39, 0.29) is 6.04 Å². The van der Waals surface area contributed by atoms with Crippen molar-refractivity contribution in [2.45, 2.75) is 19.4 Å². The molecule has 2 heterocycles. The van der Waals surface area contributed by atoms with E-state index in [1.165, 1.54) is 0 Å². The zero-order valence-electron chi connectivity index (χ0n) is 9.47. The van der Waals surface area contributed by atoms with Crippen molar-refractivity contribution < 1.29 is 4.42 Å². The number of furan rings is 1. The van der Waals surface area contributed by atoms with Gasteiger partial charge in [-0.2, -0.15) is 0 Å². The van der Waals surface area contributed by atoms with Gasteiger partial charge in [0.15, 0.2) is 0 Å². The summed E-state index contributed by atoms with van der Waals surface area (Å²) in [5.41, 5.74) is 0.992. The van der Waals surface area contributed by atoms with Crippen LogP contribution in [0.2, 0.25) is 0 Å². The molecule has 4 nitrogen and oxygen atoms in total. The summed E-state index contributed by atoms with van der Waals surface area (Å²) in [6.07, 6.45) is 4.26. The molecule has 0 saturated heterocycles. The minimum atomic E-state index is 0.160. The highest BCUT2D eigenvalue weighted by molar-refractivity contribution is 5.11. The lowest BCUT2D eigenvalue weighted by Crippen LogP contribution is -2.20. The summed E-state index contributed by atoms with van der Waals surface area (Å²) in [7, 11) is 1.92. The molecule has 0 spiro atoms. The van der Waals surface area contributed by atoms with Crippen LogP contribution in [0.25, 0.3) is 0 Å². The number of aryl methyl sites for hydroxylation is 1. The topological polar surface area (TPSA) is 51.0 Å². The van der Waals surface area contributed by atoms with Gasteiger partial charge in [-0.25, -0.2) is 9.97 Å². The lowest BCUT2D eigenvalue weighted by atomic mass is 10.1. The van der Waals surface area contributed by atoms with E-state index in [0.717, 1.165) is 23.7 Å². The van der Waals surface area contributed by atoms with E-state index in [9.17, 15) is 0 Å². The van der Waals surface area contributed by atoms with Crippen LogP contribution in [0.3, 0.4) is 0 Å². The Morgan fingerprint density at radius 1 is 1.44 bits per heavy atom. The number of likely N-dealkylation sites (N-methyl/N-ethyl adjacent to an activating group) is 1. The quantitative estimate of drug-likeness (QED) is 0.849. The van der Waals surface area contributed by atoms with Gasteiger partial charge in [-0.15, -0.1) is 0 Å². The van der Waals surface area contributed by atoms with Crippen LogP contribution >= 0.6 is 0 Å². The summed E-state index contributed by atoms with van der Waals surface area (Å²) in [4.78, 5) is 8.50. The molecule has 16 heavy (non-hydrogen) atoms. The molecule has 0 amide bonds. The smallest absolute Gasteiger partial charge is 0.125 e. The first-order chi connectivity index (χ1) is 7.79. The van der Waals surface area contributed by atoms with Crippen LogP contribution in [0.1, 0.15) is 23.3 Å². The zero-order chi connectivity index (χ0) is 11.4. The molecule has 2 aromatic heterocycles. The average Bonchev–Trinajstić information content (AvgIpc) is 2.78. The van der Waals surface area contributed by atoms with Gasteiger partial charge >= 0.3 is 0 Å². The van der Waals surface area contributed by atoms with E-state index in [4.69, 9.17) is 4.42 Å². The Kier molecular flexibility index (Phi) is 3.31. The van der Waals surface area contributed by atoms with Crippen molar-refractivity contribution in [1.29, 1.82) is 0 Å². The van der Waals surface area contributed by atoms with Gasteiger partial charge in [0.2, 0.25) is 0 Å². The molecule has 0 bridgehead atoms. The maximum atomic E-state index is 5.33. The molecule has 2 rings (SSSR count). The molecule has 0 radical (unpaired) electrons. The van der Waals surface area contributed by atoms with Gasteiger partial charge in [-0.1, -0.05) is 0 Å². The number of nitrogens with zero attached hydrogens (tertiary/aromatic N) is 2. The lowest BCUT2D eigenvalue weighted by molar-refractivity contribution is 0.460. The Bertz CT molecular complexity index is 439. The summed E-state index contributed by atoms with van der Waals surface area (Å²) in [5, 5.41) is 3.23. The SMILES string of the molecule is CNC(Cc1ccco1)c1ccnc(C)n1. The fourth-order valence-electron chi connectivity index (χ4n) is 1.65. The monoisotopic (exact) mass is 217 g/mol. The standard InChI is InChI=1S/C12H15N3O/c1-9-14-6-5-11(15-9)12(13-2)8-10-4-3-7-16-10/h3-7,12-13H,8H2,1-2H3. The third-order valence-corrected chi connectivity index (χ3v) is 2.49. The Labute approximate surface area is 94.7 Å². The largest absolute Gasteiger partial charge is 0.469 e. The van der Waals surface area contributed by atoms with Crippen LogP contribution < -0.4 is 5.32 Å². The summed E-state index contributed by atoms with van der Waals surface area (Å²) in [5.74, 6) is 1.74. The summed E-state index contributed by atoms with van der Waals surface area (Å²) >= 11 is 0. The molecule has 1 unspecified atom stereocenters. The van der Waals surface area contributed by atoms with Gasteiger partial charge in [-0.3, -0.25) is 0 Å². The van der Waals surface area contributed by atoms with Gasteiger partial charge in [0.25, 0.3) is 0 Å². The van der Waals surface area contributed by atoms with Crippen molar-refractivity contribution in [2.75, 3.05) is 7.05 Å². The first kappa shape index (κ1) is 10.8. The van der Waals surface area contributed by atoms with Crippen LogP contribution in [0.4, 0.5) is 0 Å².